The van der Waals surface area contributed by atoms with Crippen LogP contribution in [0.15, 0.2) is 33.7 Å². The summed E-state index contributed by atoms with van der Waals surface area (Å²) in [5, 5.41) is 63.4. The lowest BCUT2D eigenvalue weighted by Gasteiger charge is -2.38. The molecule has 2 aliphatic heterocycles. The molecule has 27 nitrogen and oxygen atoms in total. The lowest BCUT2D eigenvalue weighted by atomic mass is 9.87. The van der Waals surface area contributed by atoms with Crippen LogP contribution < -0.4 is 28.3 Å². The van der Waals surface area contributed by atoms with Crippen molar-refractivity contribution in [1.82, 2.24) is 10.2 Å². The first kappa shape index (κ1) is 65.1. The SMILES string of the molecule is C#CCOCCOCCOCCOCCC(=O)N(CCCCCCCNC(=O)OC[C@@H](O)[C@@H](O)[C@@H]1OC(C(=O)O)=C[C@H](N=C(N)N)[C@H]1C)CCCCCC(=O)O[C@@H]([C@@H]1OC(C(=O)O)=C[C@H](N=C(N)N)[C@H]1C)[C@H](O)CO. The summed E-state index contributed by atoms with van der Waals surface area (Å²) in [4.78, 5) is 72.0. The zero-order valence-electron chi connectivity index (χ0n) is 42.9. The summed E-state index contributed by atoms with van der Waals surface area (Å²) in [6, 6.07) is -1.74. The highest BCUT2D eigenvalue weighted by Crippen LogP contribution is 2.31. The fourth-order valence-corrected chi connectivity index (χ4v) is 7.81. The summed E-state index contributed by atoms with van der Waals surface area (Å²) in [7, 11) is 0. The lowest BCUT2D eigenvalue weighted by Crippen LogP contribution is -2.51. The molecule has 426 valence electrons. The third-order valence-electron chi connectivity index (χ3n) is 11.9. The number of rotatable bonds is 39. The van der Waals surface area contributed by atoms with Gasteiger partial charge in [0.2, 0.25) is 17.4 Å². The Labute approximate surface area is 436 Å². The van der Waals surface area contributed by atoms with Gasteiger partial charge in [-0.2, -0.15) is 0 Å². The summed E-state index contributed by atoms with van der Waals surface area (Å²) >= 11 is 0. The van der Waals surface area contributed by atoms with Gasteiger partial charge in [0, 0.05) is 37.9 Å². The van der Waals surface area contributed by atoms with E-state index in [0.717, 1.165) is 19.3 Å². The van der Waals surface area contributed by atoms with Crippen molar-refractivity contribution in [2.45, 2.75) is 127 Å². The number of carbonyl (C=O) groups excluding carboxylic acids is 3. The number of carbonyl (C=O) groups is 5. The van der Waals surface area contributed by atoms with Gasteiger partial charge >= 0.3 is 24.0 Å². The summed E-state index contributed by atoms with van der Waals surface area (Å²) in [5.41, 5.74) is 22.0. The highest BCUT2D eigenvalue weighted by molar-refractivity contribution is 5.85. The van der Waals surface area contributed by atoms with Crippen LogP contribution >= 0.6 is 0 Å². The first-order valence-electron chi connectivity index (χ1n) is 25.0. The number of hydrogen-bond donors (Lipinski definition) is 11. The number of amides is 2. The summed E-state index contributed by atoms with van der Waals surface area (Å²) in [6.45, 7) is 5.37. The number of nitrogens with two attached hydrogens (primary N) is 4. The number of nitrogens with one attached hydrogen (secondary N) is 1. The normalized spacial score (nSPS) is 20.7. The smallest absolute Gasteiger partial charge is 0.407 e. The Bertz CT molecular complexity index is 1910. The van der Waals surface area contributed by atoms with Crippen molar-refractivity contribution in [3.8, 4) is 12.3 Å². The van der Waals surface area contributed by atoms with Crippen molar-refractivity contribution in [1.29, 1.82) is 0 Å². The fraction of sp³-hybridized carbons (Fsp3) is 0.729. The van der Waals surface area contributed by atoms with E-state index in [1.165, 1.54) is 12.2 Å². The molecular weight excluding hydrogens is 993 g/mol. The monoisotopic (exact) mass is 1070 g/mol. The number of guanidine groups is 2. The number of unbranched alkanes of at least 4 members (excludes halogenated alkanes) is 6. The first-order chi connectivity index (χ1) is 35.8. The van der Waals surface area contributed by atoms with Gasteiger partial charge in [-0.05, 0) is 37.8 Å². The third-order valence-corrected chi connectivity index (χ3v) is 11.9. The van der Waals surface area contributed by atoms with Crippen molar-refractivity contribution >= 4 is 41.8 Å². The Hall–Kier alpha value is -5.99. The maximum atomic E-state index is 13.4. The molecule has 10 atom stereocenters. The van der Waals surface area contributed by atoms with Crippen molar-refractivity contribution in [2.24, 2.45) is 44.8 Å². The Morgan fingerprint density at radius 2 is 1.20 bits per heavy atom. The van der Waals surface area contributed by atoms with E-state index in [1.807, 2.05) is 0 Å². The Morgan fingerprint density at radius 1 is 0.707 bits per heavy atom. The number of aliphatic carboxylic acids is 2. The van der Waals surface area contributed by atoms with Crippen LogP contribution in [0.3, 0.4) is 0 Å². The highest BCUT2D eigenvalue weighted by atomic mass is 16.6. The first-order valence-corrected chi connectivity index (χ1v) is 25.0. The predicted molar refractivity (Wildman–Crippen MR) is 268 cm³/mol. The minimum Gasteiger partial charge on any atom is -0.480 e. The van der Waals surface area contributed by atoms with Gasteiger partial charge in [-0.3, -0.25) is 9.59 Å². The molecule has 0 aromatic rings. The third kappa shape index (κ3) is 25.9. The second kappa shape index (κ2) is 36.9. The van der Waals surface area contributed by atoms with Crippen LogP contribution in [0.5, 0.6) is 0 Å². The Morgan fingerprint density at radius 3 is 1.73 bits per heavy atom. The second-order valence-electron chi connectivity index (χ2n) is 17.7. The molecule has 0 unspecified atom stereocenters. The minimum atomic E-state index is -1.66. The molecule has 0 saturated heterocycles. The van der Waals surface area contributed by atoms with Crippen LogP contribution in [0, 0.1) is 24.2 Å². The summed E-state index contributed by atoms with van der Waals surface area (Å²) < 4.78 is 43.3. The molecule has 2 heterocycles. The average Bonchev–Trinajstić information content (AvgIpc) is 3.36. The van der Waals surface area contributed by atoms with E-state index in [0.29, 0.717) is 78.2 Å². The fourth-order valence-electron chi connectivity index (χ4n) is 7.81. The van der Waals surface area contributed by atoms with Gasteiger partial charge in [-0.1, -0.05) is 45.5 Å². The number of ether oxygens (including phenoxy) is 8. The number of aliphatic hydroxyl groups is 4. The van der Waals surface area contributed by atoms with E-state index < -0.39 is 109 Å². The molecule has 0 fully saturated rings. The van der Waals surface area contributed by atoms with E-state index in [-0.39, 0.29) is 57.0 Å². The molecule has 2 amide bonds. The zero-order valence-corrected chi connectivity index (χ0v) is 42.9. The number of esters is 1. The van der Waals surface area contributed by atoms with Crippen LogP contribution in [-0.2, 0) is 57.1 Å². The molecule has 0 aliphatic carbocycles. The molecule has 0 aromatic carbocycles. The number of alkyl carbamates (subject to hydrolysis) is 1. The van der Waals surface area contributed by atoms with Crippen molar-refractivity contribution < 1.29 is 92.5 Å². The van der Waals surface area contributed by atoms with Gasteiger partial charge in [-0.15, -0.1) is 6.42 Å². The molecule has 0 saturated carbocycles. The summed E-state index contributed by atoms with van der Waals surface area (Å²) in [6.07, 6.45) is 2.87. The quantitative estimate of drug-likeness (QED) is 0.0109. The maximum absolute atomic E-state index is 13.4. The number of hydrogen-bond acceptors (Lipinski definition) is 19. The van der Waals surface area contributed by atoms with Crippen molar-refractivity contribution in [2.75, 3.05) is 85.7 Å². The van der Waals surface area contributed by atoms with Crippen LogP contribution in [0.25, 0.3) is 0 Å². The molecule has 0 radical (unpaired) electrons. The Kier molecular flexibility index (Phi) is 32.0. The van der Waals surface area contributed by atoms with E-state index in [9.17, 15) is 54.6 Å². The highest BCUT2D eigenvalue weighted by Gasteiger charge is 2.44. The van der Waals surface area contributed by atoms with E-state index in [1.54, 1.807) is 18.7 Å². The largest absolute Gasteiger partial charge is 0.480 e. The van der Waals surface area contributed by atoms with Crippen molar-refractivity contribution in [3.05, 3.63) is 23.7 Å². The van der Waals surface area contributed by atoms with Crippen molar-refractivity contribution in [3.63, 3.8) is 0 Å². The van der Waals surface area contributed by atoms with E-state index in [4.69, 9.17) is 67.3 Å². The van der Waals surface area contributed by atoms with Crippen LogP contribution in [-0.4, -0.2) is 212 Å². The number of nitrogens with zero attached hydrogens (tertiary/aromatic N) is 3. The number of aliphatic hydroxyl groups excluding tert-OH is 4. The van der Waals surface area contributed by atoms with Gasteiger partial charge in [0.05, 0.1) is 71.4 Å². The zero-order chi connectivity index (χ0) is 55.7. The number of terminal acetylenes is 1. The Balaban J connectivity index is 1.84. The van der Waals surface area contributed by atoms with Crippen LogP contribution in [0.2, 0.25) is 0 Å². The molecule has 27 heteroatoms. The minimum absolute atomic E-state index is 0.0868. The number of aliphatic imine (C=N–C) groups is 2. The van der Waals surface area contributed by atoms with Crippen LogP contribution in [0.4, 0.5) is 4.79 Å². The average molecular weight is 1070 g/mol. The van der Waals surface area contributed by atoms with E-state index >= 15 is 0 Å². The van der Waals surface area contributed by atoms with Gasteiger partial charge in [0.25, 0.3) is 0 Å². The lowest BCUT2D eigenvalue weighted by molar-refractivity contribution is -0.176. The topological polar surface area (TPSA) is 425 Å². The maximum Gasteiger partial charge on any atom is 0.407 e. The molecule has 0 aromatic heterocycles. The van der Waals surface area contributed by atoms with E-state index in [2.05, 4.69) is 21.2 Å². The van der Waals surface area contributed by atoms with Gasteiger partial charge in [0.1, 0.15) is 43.7 Å². The van der Waals surface area contributed by atoms with Gasteiger partial charge in [-0.25, -0.2) is 24.4 Å². The molecule has 2 rings (SSSR count). The molecule has 0 spiro atoms. The molecule has 75 heavy (non-hydrogen) atoms. The standard InChI is InChI=1S/C48H80N8O19/c1-4-18-68-20-22-70-24-25-71-23-21-69-19-14-38(60)56(17-12-8-9-13-39(61)75-43(34(58)28-57)42-31(3)33(55-47(51)52)27-37(74-42)45(65)66)16-11-7-5-6-10-15-53-48(67)72-29-35(59)40(62)41-30(2)32(54-46(49)50)26-36(73-41)44(63)64/h1,26-27,30-35,40-43,57-59,62H,5-25,28-29H2,2-3H3,(H,53,67)(H,63,64)(H,65,66)(H4,49,50,54)(H4,51,52,55)/t30-,31-,32+,33+,34-,35-,40-,41-,42-,43-/m1/s1. The number of carboxylic acids is 2. The molecule has 0 bridgehead atoms. The second-order valence-corrected chi connectivity index (χ2v) is 17.7. The predicted octanol–water partition coefficient (Wildman–Crippen LogP) is -1.58. The summed E-state index contributed by atoms with van der Waals surface area (Å²) in [5.74, 6) is -4.31. The van der Waals surface area contributed by atoms with Gasteiger partial charge < -0.3 is 102 Å². The van der Waals surface area contributed by atoms with Crippen LogP contribution in [0.1, 0.15) is 78.1 Å². The molecular formula is C48H80N8O19. The number of carboxylic acid groups (broad SMARTS) is 2. The molecule has 15 N–H and O–H groups in total. The van der Waals surface area contributed by atoms with Gasteiger partial charge in [0.15, 0.2) is 18.0 Å². The molecule has 2 aliphatic rings.